The fourth-order valence-corrected chi connectivity index (χ4v) is 3.83. The number of aryl methyl sites for hydroxylation is 2. The Labute approximate surface area is 108 Å². The van der Waals surface area contributed by atoms with Gasteiger partial charge < -0.3 is 5.32 Å². The van der Waals surface area contributed by atoms with Gasteiger partial charge in [-0.05, 0) is 44.4 Å². The second-order valence-corrected chi connectivity index (χ2v) is 7.01. The molecule has 1 heterocycles. The lowest BCUT2D eigenvalue weighted by atomic mass is 10.0. The van der Waals surface area contributed by atoms with Gasteiger partial charge in [0.1, 0.15) is 5.01 Å². The summed E-state index contributed by atoms with van der Waals surface area (Å²) < 4.78 is 0. The van der Waals surface area contributed by atoms with Gasteiger partial charge in [-0.3, -0.25) is 0 Å². The van der Waals surface area contributed by atoms with Crippen molar-refractivity contribution >= 4 is 11.3 Å². The van der Waals surface area contributed by atoms with Crippen molar-refractivity contribution < 1.29 is 0 Å². The van der Waals surface area contributed by atoms with Gasteiger partial charge in [-0.1, -0.05) is 13.8 Å². The summed E-state index contributed by atoms with van der Waals surface area (Å²) in [5.74, 6) is 0.741. The number of aromatic nitrogens is 1. The molecule has 1 atom stereocenters. The molecular weight excluding hydrogens is 228 g/mol. The van der Waals surface area contributed by atoms with Crippen molar-refractivity contribution in [3.63, 3.8) is 0 Å². The van der Waals surface area contributed by atoms with Crippen molar-refractivity contribution in [3.05, 3.63) is 15.6 Å². The summed E-state index contributed by atoms with van der Waals surface area (Å²) in [5, 5.41) is 5.13. The van der Waals surface area contributed by atoms with Gasteiger partial charge in [-0.2, -0.15) is 0 Å². The van der Waals surface area contributed by atoms with E-state index in [1.165, 1.54) is 49.2 Å². The summed E-state index contributed by atoms with van der Waals surface area (Å²) >= 11 is 1.97. The summed E-state index contributed by atoms with van der Waals surface area (Å²) in [5.41, 5.74) is 1.40. The second kappa shape index (κ2) is 4.69. The summed E-state index contributed by atoms with van der Waals surface area (Å²) in [6, 6.07) is 1.29. The third kappa shape index (κ3) is 2.71. The maximum atomic E-state index is 4.88. The first-order valence-corrected chi connectivity index (χ1v) is 7.78. The molecule has 1 unspecified atom stereocenters. The molecule has 1 fully saturated rings. The molecule has 0 aromatic carbocycles. The minimum absolute atomic E-state index is 0.512. The molecule has 0 radical (unpaired) electrons. The highest BCUT2D eigenvalue weighted by Gasteiger charge is 2.28. The number of fused-ring (bicyclic) bond motifs is 1. The lowest BCUT2D eigenvalue weighted by molar-refractivity contribution is 0.425. The van der Waals surface area contributed by atoms with Crippen molar-refractivity contribution in [3.8, 4) is 0 Å². The van der Waals surface area contributed by atoms with Gasteiger partial charge in [0.2, 0.25) is 0 Å². The average molecular weight is 250 g/mol. The van der Waals surface area contributed by atoms with Gasteiger partial charge in [0, 0.05) is 10.9 Å². The van der Waals surface area contributed by atoms with Crippen molar-refractivity contribution in [2.75, 3.05) is 0 Å². The highest BCUT2D eigenvalue weighted by molar-refractivity contribution is 7.11. The van der Waals surface area contributed by atoms with Crippen LogP contribution < -0.4 is 5.32 Å². The largest absolute Gasteiger partial charge is 0.305 e. The Morgan fingerprint density at radius 1 is 1.35 bits per heavy atom. The summed E-state index contributed by atoms with van der Waals surface area (Å²) in [6.07, 6.45) is 7.75. The highest BCUT2D eigenvalue weighted by atomic mass is 32.1. The number of rotatable bonds is 5. The van der Waals surface area contributed by atoms with Gasteiger partial charge >= 0.3 is 0 Å². The van der Waals surface area contributed by atoms with Crippen molar-refractivity contribution in [2.45, 2.75) is 64.5 Å². The van der Waals surface area contributed by atoms with E-state index in [0.717, 1.165) is 12.0 Å². The SMILES string of the molecule is CC(C)CC(NC1CC1)c1nc2c(s1)CCC2. The fourth-order valence-electron chi connectivity index (χ4n) is 2.61. The molecule has 0 aliphatic heterocycles. The molecule has 0 bridgehead atoms. The molecule has 1 saturated carbocycles. The topological polar surface area (TPSA) is 24.9 Å². The number of hydrogen-bond acceptors (Lipinski definition) is 3. The molecule has 1 aromatic rings. The summed E-state index contributed by atoms with van der Waals surface area (Å²) in [6.45, 7) is 4.62. The Balaban J connectivity index is 1.75. The molecule has 94 valence electrons. The zero-order chi connectivity index (χ0) is 11.8. The quantitative estimate of drug-likeness (QED) is 0.865. The van der Waals surface area contributed by atoms with Crippen LogP contribution in [0.4, 0.5) is 0 Å². The van der Waals surface area contributed by atoms with E-state index < -0.39 is 0 Å². The first-order chi connectivity index (χ1) is 8.22. The van der Waals surface area contributed by atoms with E-state index in [1.54, 1.807) is 4.88 Å². The van der Waals surface area contributed by atoms with Crippen LogP contribution in [0.5, 0.6) is 0 Å². The number of nitrogens with zero attached hydrogens (tertiary/aromatic N) is 1. The molecule has 3 rings (SSSR count). The van der Waals surface area contributed by atoms with Gasteiger partial charge in [0.25, 0.3) is 0 Å². The Bertz CT molecular complexity index is 367. The smallest absolute Gasteiger partial charge is 0.110 e. The zero-order valence-corrected chi connectivity index (χ0v) is 11.6. The Morgan fingerprint density at radius 2 is 2.18 bits per heavy atom. The van der Waals surface area contributed by atoms with E-state index >= 15 is 0 Å². The van der Waals surface area contributed by atoms with Crippen LogP contribution in [0.3, 0.4) is 0 Å². The van der Waals surface area contributed by atoms with E-state index in [0.29, 0.717) is 6.04 Å². The van der Waals surface area contributed by atoms with E-state index in [2.05, 4.69) is 19.2 Å². The first kappa shape index (κ1) is 11.7. The molecule has 3 heteroatoms. The van der Waals surface area contributed by atoms with E-state index in [1.807, 2.05) is 11.3 Å². The van der Waals surface area contributed by atoms with Gasteiger partial charge in [-0.25, -0.2) is 4.98 Å². The fraction of sp³-hybridized carbons (Fsp3) is 0.786. The third-order valence-electron chi connectivity index (χ3n) is 3.63. The van der Waals surface area contributed by atoms with Gasteiger partial charge in [0.15, 0.2) is 0 Å². The van der Waals surface area contributed by atoms with Crippen LogP contribution in [0.15, 0.2) is 0 Å². The molecule has 1 aromatic heterocycles. The van der Waals surface area contributed by atoms with Crippen LogP contribution >= 0.6 is 11.3 Å². The Hall–Kier alpha value is -0.410. The molecule has 2 aliphatic carbocycles. The van der Waals surface area contributed by atoms with Crippen LogP contribution in [0.25, 0.3) is 0 Å². The highest BCUT2D eigenvalue weighted by Crippen LogP contribution is 2.34. The maximum absolute atomic E-state index is 4.88. The van der Waals surface area contributed by atoms with Crippen LogP contribution in [0.2, 0.25) is 0 Å². The minimum Gasteiger partial charge on any atom is -0.305 e. The monoisotopic (exact) mass is 250 g/mol. The summed E-state index contributed by atoms with van der Waals surface area (Å²) in [7, 11) is 0. The van der Waals surface area contributed by atoms with Gasteiger partial charge in [0.05, 0.1) is 11.7 Å². The second-order valence-electron chi connectivity index (χ2n) is 5.90. The minimum atomic E-state index is 0.512. The molecule has 0 saturated heterocycles. The number of nitrogens with one attached hydrogen (secondary N) is 1. The maximum Gasteiger partial charge on any atom is 0.110 e. The van der Waals surface area contributed by atoms with Gasteiger partial charge in [-0.15, -0.1) is 11.3 Å². The molecule has 0 amide bonds. The van der Waals surface area contributed by atoms with E-state index in [9.17, 15) is 0 Å². The number of thiazole rings is 1. The Morgan fingerprint density at radius 3 is 2.82 bits per heavy atom. The molecule has 2 aliphatic rings. The van der Waals surface area contributed by atoms with E-state index in [-0.39, 0.29) is 0 Å². The lowest BCUT2D eigenvalue weighted by Gasteiger charge is -2.18. The van der Waals surface area contributed by atoms with Crippen LogP contribution in [-0.2, 0) is 12.8 Å². The average Bonchev–Trinajstić information content (AvgIpc) is 2.82. The van der Waals surface area contributed by atoms with Crippen LogP contribution in [0, 0.1) is 5.92 Å². The number of hydrogen-bond donors (Lipinski definition) is 1. The van der Waals surface area contributed by atoms with Crippen molar-refractivity contribution in [2.24, 2.45) is 5.92 Å². The molecule has 1 N–H and O–H groups in total. The van der Waals surface area contributed by atoms with Crippen LogP contribution in [0.1, 0.15) is 61.2 Å². The zero-order valence-electron chi connectivity index (χ0n) is 10.8. The Kier molecular flexibility index (Phi) is 3.22. The predicted octanol–water partition coefficient (Wildman–Crippen LogP) is 3.47. The van der Waals surface area contributed by atoms with E-state index in [4.69, 9.17) is 4.98 Å². The van der Waals surface area contributed by atoms with Crippen molar-refractivity contribution in [1.82, 2.24) is 10.3 Å². The normalized spacial score (nSPS) is 20.9. The molecular formula is C14H22N2S. The predicted molar refractivity (Wildman–Crippen MR) is 72.5 cm³/mol. The van der Waals surface area contributed by atoms with Crippen LogP contribution in [-0.4, -0.2) is 11.0 Å². The lowest BCUT2D eigenvalue weighted by Crippen LogP contribution is -2.24. The summed E-state index contributed by atoms with van der Waals surface area (Å²) in [4.78, 5) is 6.44. The standard InChI is InChI=1S/C14H22N2S/c1-9(2)8-12(15-10-6-7-10)14-16-11-4-3-5-13(11)17-14/h9-10,12,15H,3-8H2,1-2H3. The third-order valence-corrected chi connectivity index (χ3v) is 4.90. The van der Waals surface area contributed by atoms with Crippen molar-refractivity contribution in [1.29, 1.82) is 0 Å². The first-order valence-electron chi connectivity index (χ1n) is 6.97. The molecule has 17 heavy (non-hydrogen) atoms. The molecule has 0 spiro atoms. The molecule has 2 nitrogen and oxygen atoms in total.